The van der Waals surface area contributed by atoms with E-state index in [1.54, 1.807) is 18.2 Å². The third-order valence-electron chi connectivity index (χ3n) is 5.60. The average molecular weight is 324 g/mol. The third kappa shape index (κ3) is 2.47. The molecule has 4 heteroatoms. The molecular formula is C17H19Cl2NO. The van der Waals surface area contributed by atoms with E-state index in [9.17, 15) is 4.79 Å². The van der Waals surface area contributed by atoms with Crippen LogP contribution in [0.1, 0.15) is 48.9 Å². The normalized spacial score (nSPS) is 36.8. The van der Waals surface area contributed by atoms with Crippen LogP contribution < -0.4 is 5.32 Å². The summed E-state index contributed by atoms with van der Waals surface area (Å²) >= 11 is 11.9. The fraction of sp³-hybridized carbons (Fsp3) is 0.588. The number of hydrogen-bond donors (Lipinski definition) is 1. The summed E-state index contributed by atoms with van der Waals surface area (Å²) in [5.41, 5.74) is 0.651. The molecule has 0 saturated heterocycles. The maximum absolute atomic E-state index is 12.6. The highest BCUT2D eigenvalue weighted by Gasteiger charge is 2.51. The summed E-state index contributed by atoms with van der Waals surface area (Å²) in [6.45, 7) is 0. The molecule has 0 unspecified atom stereocenters. The van der Waals surface area contributed by atoms with Crippen molar-refractivity contribution in [2.75, 3.05) is 0 Å². The molecule has 1 aromatic rings. The fourth-order valence-corrected chi connectivity index (χ4v) is 5.51. The van der Waals surface area contributed by atoms with Gasteiger partial charge in [-0.3, -0.25) is 4.79 Å². The number of nitrogens with one attached hydrogen (secondary N) is 1. The smallest absolute Gasteiger partial charge is 0.251 e. The lowest BCUT2D eigenvalue weighted by molar-refractivity contribution is -0.0167. The van der Waals surface area contributed by atoms with Crippen LogP contribution in [0.3, 0.4) is 0 Å². The van der Waals surface area contributed by atoms with E-state index in [2.05, 4.69) is 5.32 Å². The Balaban J connectivity index is 1.55. The molecule has 5 rings (SSSR count). The summed E-state index contributed by atoms with van der Waals surface area (Å²) < 4.78 is 0. The van der Waals surface area contributed by atoms with Crippen molar-refractivity contribution in [1.29, 1.82) is 0 Å². The molecule has 1 N–H and O–H groups in total. The first-order chi connectivity index (χ1) is 10.0. The zero-order chi connectivity index (χ0) is 14.6. The predicted molar refractivity (Wildman–Crippen MR) is 84.8 cm³/mol. The number of carbonyl (C=O) groups is 1. The zero-order valence-corrected chi connectivity index (χ0v) is 13.4. The van der Waals surface area contributed by atoms with E-state index in [1.165, 1.54) is 19.3 Å². The lowest BCUT2D eigenvalue weighted by atomic mass is 9.53. The molecule has 4 aliphatic rings. The van der Waals surface area contributed by atoms with E-state index in [0.29, 0.717) is 15.6 Å². The van der Waals surface area contributed by atoms with Gasteiger partial charge in [0.25, 0.3) is 5.91 Å². The Morgan fingerprint density at radius 1 is 1.00 bits per heavy atom. The summed E-state index contributed by atoms with van der Waals surface area (Å²) in [4.78, 5) is 12.6. The van der Waals surface area contributed by atoms with Crippen LogP contribution in [0, 0.1) is 17.8 Å². The standard InChI is InChI=1S/C17H19Cl2NO/c18-14-2-1-13(6-15(14)19)16(21)20-17-7-10-3-11(8-17)5-12(4-10)9-17/h1-2,6,10-12H,3-5,7-9H2,(H,20,21). The quantitative estimate of drug-likeness (QED) is 0.840. The Morgan fingerprint density at radius 2 is 1.57 bits per heavy atom. The Hall–Kier alpha value is -0.730. The summed E-state index contributed by atoms with van der Waals surface area (Å²) in [5, 5.41) is 4.28. The molecular weight excluding hydrogens is 305 g/mol. The highest BCUT2D eigenvalue weighted by Crippen LogP contribution is 2.55. The Bertz CT molecular complexity index is 563. The van der Waals surface area contributed by atoms with E-state index in [4.69, 9.17) is 23.2 Å². The van der Waals surface area contributed by atoms with Crippen LogP contribution in [0.2, 0.25) is 10.0 Å². The van der Waals surface area contributed by atoms with E-state index in [0.717, 1.165) is 37.0 Å². The molecule has 21 heavy (non-hydrogen) atoms. The van der Waals surface area contributed by atoms with Gasteiger partial charge in [0.2, 0.25) is 0 Å². The monoisotopic (exact) mass is 323 g/mol. The van der Waals surface area contributed by atoms with Gasteiger partial charge in [-0.1, -0.05) is 23.2 Å². The van der Waals surface area contributed by atoms with Crippen molar-refractivity contribution in [1.82, 2.24) is 5.32 Å². The molecule has 4 aliphatic carbocycles. The fourth-order valence-electron chi connectivity index (χ4n) is 5.21. The highest BCUT2D eigenvalue weighted by molar-refractivity contribution is 6.42. The Morgan fingerprint density at radius 3 is 2.10 bits per heavy atom. The van der Waals surface area contributed by atoms with Gasteiger partial charge in [-0.05, 0) is 74.5 Å². The van der Waals surface area contributed by atoms with Gasteiger partial charge in [-0.15, -0.1) is 0 Å². The van der Waals surface area contributed by atoms with E-state index in [1.807, 2.05) is 0 Å². The number of benzene rings is 1. The zero-order valence-electron chi connectivity index (χ0n) is 11.9. The second-order valence-corrected chi connectivity index (χ2v) is 8.10. The predicted octanol–water partition coefficient (Wildman–Crippen LogP) is 4.69. The first-order valence-corrected chi connectivity index (χ1v) is 8.56. The van der Waals surface area contributed by atoms with Gasteiger partial charge in [0, 0.05) is 11.1 Å². The van der Waals surface area contributed by atoms with E-state index in [-0.39, 0.29) is 11.4 Å². The van der Waals surface area contributed by atoms with Crippen molar-refractivity contribution < 1.29 is 4.79 Å². The molecule has 4 fully saturated rings. The van der Waals surface area contributed by atoms with Crippen LogP contribution in [-0.2, 0) is 0 Å². The van der Waals surface area contributed by atoms with Crippen LogP contribution in [0.4, 0.5) is 0 Å². The van der Waals surface area contributed by atoms with Crippen molar-refractivity contribution in [2.24, 2.45) is 17.8 Å². The summed E-state index contributed by atoms with van der Waals surface area (Å²) in [7, 11) is 0. The lowest BCUT2D eigenvalue weighted by Crippen LogP contribution is -2.59. The first kappa shape index (κ1) is 13.9. The minimum atomic E-state index is -0.00415. The third-order valence-corrected chi connectivity index (χ3v) is 6.34. The van der Waals surface area contributed by atoms with Crippen molar-refractivity contribution in [3.63, 3.8) is 0 Å². The van der Waals surface area contributed by atoms with Gasteiger partial charge < -0.3 is 5.32 Å². The van der Waals surface area contributed by atoms with Gasteiger partial charge >= 0.3 is 0 Å². The first-order valence-electron chi connectivity index (χ1n) is 7.81. The maximum atomic E-state index is 12.6. The minimum absolute atomic E-state index is 0.00415. The topological polar surface area (TPSA) is 29.1 Å². The Kier molecular flexibility index (Phi) is 3.24. The molecule has 0 radical (unpaired) electrons. The molecule has 4 saturated carbocycles. The van der Waals surface area contributed by atoms with Gasteiger partial charge in [0.1, 0.15) is 0 Å². The van der Waals surface area contributed by atoms with Crippen molar-refractivity contribution >= 4 is 29.1 Å². The molecule has 1 aromatic carbocycles. The number of carbonyl (C=O) groups excluding carboxylic acids is 1. The molecule has 0 spiro atoms. The van der Waals surface area contributed by atoms with Crippen LogP contribution in [0.5, 0.6) is 0 Å². The number of hydrogen-bond acceptors (Lipinski definition) is 1. The molecule has 0 atom stereocenters. The SMILES string of the molecule is O=C(NC12CC3CC(CC(C3)C1)C2)c1ccc(Cl)c(Cl)c1. The summed E-state index contributed by atoms with van der Waals surface area (Å²) in [5.74, 6) is 2.47. The minimum Gasteiger partial charge on any atom is -0.347 e. The number of halogens is 2. The van der Waals surface area contributed by atoms with Crippen molar-refractivity contribution in [3.05, 3.63) is 33.8 Å². The molecule has 0 aromatic heterocycles. The highest BCUT2D eigenvalue weighted by atomic mass is 35.5. The second kappa shape index (κ2) is 4.89. The average Bonchev–Trinajstić information content (AvgIpc) is 2.39. The summed E-state index contributed by atoms with van der Waals surface area (Å²) in [6, 6.07) is 5.11. The van der Waals surface area contributed by atoms with Crippen molar-refractivity contribution in [3.8, 4) is 0 Å². The molecule has 0 heterocycles. The van der Waals surface area contributed by atoms with Crippen LogP contribution >= 0.6 is 23.2 Å². The van der Waals surface area contributed by atoms with Gasteiger partial charge in [-0.25, -0.2) is 0 Å². The molecule has 2 nitrogen and oxygen atoms in total. The van der Waals surface area contributed by atoms with E-state index < -0.39 is 0 Å². The molecule has 1 amide bonds. The molecule has 4 bridgehead atoms. The lowest BCUT2D eigenvalue weighted by Gasteiger charge is -2.56. The maximum Gasteiger partial charge on any atom is 0.251 e. The van der Waals surface area contributed by atoms with Crippen molar-refractivity contribution in [2.45, 2.75) is 44.1 Å². The summed E-state index contributed by atoms with van der Waals surface area (Å²) in [6.07, 6.45) is 7.61. The largest absolute Gasteiger partial charge is 0.347 e. The molecule has 112 valence electrons. The van der Waals surface area contributed by atoms with E-state index >= 15 is 0 Å². The molecule has 0 aliphatic heterocycles. The number of amides is 1. The van der Waals surface area contributed by atoms with Crippen LogP contribution in [-0.4, -0.2) is 11.4 Å². The van der Waals surface area contributed by atoms with Gasteiger partial charge in [0.15, 0.2) is 0 Å². The van der Waals surface area contributed by atoms with Gasteiger partial charge in [0.05, 0.1) is 10.0 Å². The van der Waals surface area contributed by atoms with Gasteiger partial charge in [-0.2, -0.15) is 0 Å². The number of rotatable bonds is 2. The van der Waals surface area contributed by atoms with Crippen LogP contribution in [0.25, 0.3) is 0 Å². The van der Waals surface area contributed by atoms with Crippen LogP contribution in [0.15, 0.2) is 18.2 Å². The Labute approximate surface area is 135 Å². The second-order valence-electron chi connectivity index (χ2n) is 7.28.